The van der Waals surface area contributed by atoms with Crippen molar-refractivity contribution in [3.63, 3.8) is 0 Å². The molecule has 0 saturated carbocycles. The van der Waals surface area contributed by atoms with Crippen molar-refractivity contribution < 1.29 is 0 Å². The van der Waals surface area contributed by atoms with E-state index in [0.717, 1.165) is 0 Å². The summed E-state index contributed by atoms with van der Waals surface area (Å²) in [6, 6.07) is 8.46. The topological polar surface area (TPSA) is 0 Å². The fourth-order valence-corrected chi connectivity index (χ4v) is 1.15. The molecule has 0 saturated heterocycles. The van der Waals surface area contributed by atoms with Crippen LogP contribution in [0.4, 0.5) is 0 Å². The first-order valence-electron chi connectivity index (χ1n) is 4.56. The van der Waals surface area contributed by atoms with Crippen molar-refractivity contribution in [2.45, 2.75) is 34.1 Å². The Morgan fingerprint density at radius 1 is 1.23 bits per heavy atom. The van der Waals surface area contributed by atoms with Crippen molar-refractivity contribution in [2.75, 3.05) is 0 Å². The van der Waals surface area contributed by atoms with E-state index in [0.29, 0.717) is 0 Å². The van der Waals surface area contributed by atoms with Crippen LogP contribution < -0.4 is 0 Å². The molecule has 72 valence electrons. The number of unbranched alkanes of at least 4 members (excludes halogenated alkanes) is 1. The maximum absolute atomic E-state index is 2.24. The van der Waals surface area contributed by atoms with E-state index < -0.39 is 0 Å². The van der Waals surface area contributed by atoms with E-state index in [4.69, 9.17) is 0 Å². The Bertz CT molecular complexity index is 258. The van der Waals surface area contributed by atoms with Crippen LogP contribution in [0, 0.1) is 6.92 Å². The molecule has 1 aromatic carbocycles. The summed E-state index contributed by atoms with van der Waals surface area (Å²) in [4.78, 5) is 0. The van der Waals surface area contributed by atoms with Gasteiger partial charge in [0.2, 0.25) is 0 Å². The van der Waals surface area contributed by atoms with Crippen LogP contribution in [0.1, 0.15) is 38.3 Å². The van der Waals surface area contributed by atoms with Crippen molar-refractivity contribution in [1.29, 1.82) is 0 Å². The van der Waals surface area contributed by atoms with Crippen LogP contribution in [0.15, 0.2) is 30.3 Å². The van der Waals surface area contributed by atoms with Gasteiger partial charge in [-0.2, -0.15) is 0 Å². The van der Waals surface area contributed by atoms with Gasteiger partial charge >= 0.3 is 0 Å². The molecular formula is C13H20. The molecule has 0 nitrogen and oxygen atoms in total. The number of benzene rings is 1. The van der Waals surface area contributed by atoms with Crippen molar-refractivity contribution in [1.82, 2.24) is 0 Å². The summed E-state index contributed by atoms with van der Waals surface area (Å²) in [5.41, 5.74) is 2.69. The fourth-order valence-electron chi connectivity index (χ4n) is 1.15. The minimum atomic E-state index is 0. The van der Waals surface area contributed by atoms with E-state index in [1.807, 2.05) is 0 Å². The van der Waals surface area contributed by atoms with Crippen LogP contribution in [0.25, 0.3) is 6.08 Å². The first-order valence-corrected chi connectivity index (χ1v) is 4.56. The van der Waals surface area contributed by atoms with Gasteiger partial charge in [-0.3, -0.25) is 0 Å². The summed E-state index contributed by atoms with van der Waals surface area (Å²) in [6.45, 7) is 4.34. The molecule has 0 radical (unpaired) electrons. The Labute approximate surface area is 82.3 Å². The zero-order valence-corrected chi connectivity index (χ0v) is 7.88. The van der Waals surface area contributed by atoms with Crippen molar-refractivity contribution in [3.05, 3.63) is 41.5 Å². The zero-order valence-electron chi connectivity index (χ0n) is 7.88. The highest BCUT2D eigenvalue weighted by atomic mass is 13.9. The molecule has 0 aliphatic heterocycles. The smallest absolute Gasteiger partial charge is 0.0231 e. The van der Waals surface area contributed by atoms with E-state index >= 15 is 0 Å². The Kier molecular flexibility index (Phi) is 5.96. The molecule has 0 spiro atoms. The largest absolute Gasteiger partial charge is 0.0839 e. The molecule has 0 heterocycles. The maximum Gasteiger partial charge on any atom is -0.0231 e. The second kappa shape index (κ2) is 6.47. The Morgan fingerprint density at radius 3 is 2.54 bits per heavy atom. The van der Waals surface area contributed by atoms with Crippen LogP contribution in [-0.4, -0.2) is 0 Å². The fraction of sp³-hybridized carbons (Fsp3) is 0.385. The average molecular weight is 176 g/mol. The summed E-state index contributed by atoms with van der Waals surface area (Å²) < 4.78 is 0. The lowest BCUT2D eigenvalue weighted by Crippen LogP contribution is -1.77. The molecule has 0 atom stereocenters. The number of hydrogen-bond donors (Lipinski definition) is 0. The monoisotopic (exact) mass is 176 g/mol. The van der Waals surface area contributed by atoms with Gasteiger partial charge in [-0.25, -0.2) is 0 Å². The van der Waals surface area contributed by atoms with Crippen LogP contribution in [0.3, 0.4) is 0 Å². The van der Waals surface area contributed by atoms with Gasteiger partial charge in [-0.1, -0.05) is 57.2 Å². The number of allylic oxidation sites excluding steroid dienone is 1. The molecule has 0 aromatic heterocycles. The van der Waals surface area contributed by atoms with Crippen LogP contribution in [0.5, 0.6) is 0 Å². The molecule has 0 fully saturated rings. The van der Waals surface area contributed by atoms with Crippen LogP contribution >= 0.6 is 0 Å². The molecular weight excluding hydrogens is 156 g/mol. The predicted octanol–water partition coefficient (Wildman–Crippen LogP) is 4.44. The molecule has 0 aliphatic rings. The van der Waals surface area contributed by atoms with Gasteiger partial charge in [-0.15, -0.1) is 0 Å². The maximum atomic E-state index is 2.24. The Balaban J connectivity index is 0.00000144. The lowest BCUT2D eigenvalue weighted by molar-refractivity contribution is 0.962. The third-order valence-electron chi connectivity index (χ3n) is 1.94. The summed E-state index contributed by atoms with van der Waals surface area (Å²) in [6.07, 6.45) is 6.85. The van der Waals surface area contributed by atoms with Crippen LogP contribution in [-0.2, 0) is 0 Å². The van der Waals surface area contributed by atoms with Gasteiger partial charge in [-0.05, 0) is 24.5 Å². The lowest BCUT2D eigenvalue weighted by Gasteiger charge is -1.97. The SMILES string of the molecule is C.CCC/C=C\c1ccccc1C. The summed E-state index contributed by atoms with van der Waals surface area (Å²) in [5.74, 6) is 0. The number of aryl methyl sites for hydroxylation is 1. The third kappa shape index (κ3) is 3.93. The second-order valence-corrected chi connectivity index (χ2v) is 3.05. The standard InChI is InChI=1S/C12H16.CH4/c1-3-4-5-9-12-10-7-6-8-11(12)2;/h5-10H,3-4H2,1-2H3;1H4/b9-5-;. The second-order valence-electron chi connectivity index (χ2n) is 3.05. The minimum Gasteiger partial charge on any atom is -0.0839 e. The highest BCUT2D eigenvalue weighted by molar-refractivity contribution is 5.53. The summed E-state index contributed by atoms with van der Waals surface area (Å²) >= 11 is 0. The third-order valence-corrected chi connectivity index (χ3v) is 1.94. The van der Waals surface area contributed by atoms with E-state index in [9.17, 15) is 0 Å². The first kappa shape index (κ1) is 12.0. The van der Waals surface area contributed by atoms with Gasteiger partial charge in [0.25, 0.3) is 0 Å². The summed E-state index contributed by atoms with van der Waals surface area (Å²) in [5, 5.41) is 0. The summed E-state index contributed by atoms with van der Waals surface area (Å²) in [7, 11) is 0. The molecule has 0 unspecified atom stereocenters. The van der Waals surface area contributed by atoms with Crippen molar-refractivity contribution in [3.8, 4) is 0 Å². The molecule has 0 N–H and O–H groups in total. The zero-order chi connectivity index (χ0) is 8.81. The molecule has 0 aliphatic carbocycles. The normalized spacial score (nSPS) is 10.0. The molecule has 0 amide bonds. The Morgan fingerprint density at radius 2 is 1.92 bits per heavy atom. The van der Waals surface area contributed by atoms with Crippen molar-refractivity contribution in [2.24, 2.45) is 0 Å². The van der Waals surface area contributed by atoms with Gasteiger partial charge in [0.15, 0.2) is 0 Å². The highest BCUT2D eigenvalue weighted by Gasteiger charge is 1.89. The number of rotatable bonds is 3. The van der Waals surface area contributed by atoms with Gasteiger partial charge in [0.1, 0.15) is 0 Å². The highest BCUT2D eigenvalue weighted by Crippen LogP contribution is 2.09. The number of hydrogen-bond acceptors (Lipinski definition) is 0. The molecule has 13 heavy (non-hydrogen) atoms. The molecule has 1 rings (SSSR count). The molecule has 0 bridgehead atoms. The van der Waals surface area contributed by atoms with E-state index in [-0.39, 0.29) is 7.43 Å². The van der Waals surface area contributed by atoms with E-state index in [1.54, 1.807) is 0 Å². The predicted molar refractivity (Wildman–Crippen MR) is 61.9 cm³/mol. The van der Waals surface area contributed by atoms with Crippen molar-refractivity contribution >= 4 is 6.08 Å². The van der Waals surface area contributed by atoms with Gasteiger partial charge in [0, 0.05) is 0 Å². The van der Waals surface area contributed by atoms with E-state index in [2.05, 4.69) is 50.3 Å². The van der Waals surface area contributed by atoms with E-state index in [1.165, 1.54) is 24.0 Å². The molecule has 0 heteroatoms. The van der Waals surface area contributed by atoms with Gasteiger partial charge < -0.3 is 0 Å². The van der Waals surface area contributed by atoms with Crippen LogP contribution in [0.2, 0.25) is 0 Å². The lowest BCUT2D eigenvalue weighted by atomic mass is 10.1. The first-order chi connectivity index (χ1) is 5.84. The minimum absolute atomic E-state index is 0. The average Bonchev–Trinajstić information content (AvgIpc) is 2.09. The molecule has 1 aromatic rings. The van der Waals surface area contributed by atoms with Gasteiger partial charge in [0.05, 0.1) is 0 Å². The Hall–Kier alpha value is -1.04. The quantitative estimate of drug-likeness (QED) is 0.638.